The minimum Gasteiger partial charge on any atom is -0.328 e. The summed E-state index contributed by atoms with van der Waals surface area (Å²) in [6, 6.07) is 15.2. The van der Waals surface area contributed by atoms with Crippen molar-refractivity contribution in [2.45, 2.75) is 26.8 Å². The molecular weight excluding hydrogens is 338 g/mol. The predicted molar refractivity (Wildman–Crippen MR) is 109 cm³/mol. The highest BCUT2D eigenvalue weighted by molar-refractivity contribution is 5.92. The first-order valence-electron chi connectivity index (χ1n) is 9.13. The van der Waals surface area contributed by atoms with Gasteiger partial charge in [0, 0.05) is 24.5 Å². The molecule has 0 N–H and O–H groups in total. The van der Waals surface area contributed by atoms with E-state index in [1.165, 1.54) is 0 Å². The minimum absolute atomic E-state index is 0.155. The molecule has 0 aliphatic carbocycles. The normalized spacial score (nSPS) is 11.4. The van der Waals surface area contributed by atoms with Crippen LogP contribution in [0.15, 0.2) is 58.1 Å². The number of para-hydroxylation sites is 1. The number of fused-ring (bicyclic) bond motifs is 2. The Morgan fingerprint density at radius 3 is 2.44 bits per heavy atom. The van der Waals surface area contributed by atoms with Gasteiger partial charge < -0.3 is 4.57 Å². The molecule has 0 bridgehead atoms. The quantitative estimate of drug-likeness (QED) is 0.525. The number of nitrogens with zero attached hydrogens (tertiary/aromatic N) is 3. The second kappa shape index (κ2) is 6.50. The van der Waals surface area contributed by atoms with Crippen molar-refractivity contribution in [2.75, 3.05) is 0 Å². The Hall–Kier alpha value is -3.21. The molecule has 0 aliphatic heterocycles. The molecule has 4 aromatic rings. The molecule has 0 spiro atoms. The van der Waals surface area contributed by atoms with E-state index < -0.39 is 0 Å². The average molecular weight is 359 g/mol. The summed E-state index contributed by atoms with van der Waals surface area (Å²) in [6.07, 6.45) is 0.778. The number of hydrogen-bond acceptors (Lipinski definition) is 3. The first kappa shape index (κ1) is 17.2. The molecule has 5 nitrogen and oxygen atoms in total. The Labute approximate surface area is 156 Å². The van der Waals surface area contributed by atoms with E-state index in [0.717, 1.165) is 23.1 Å². The second-order valence-electron chi connectivity index (χ2n) is 6.81. The van der Waals surface area contributed by atoms with E-state index in [-0.39, 0.29) is 16.4 Å². The molecule has 0 aliphatic rings. The van der Waals surface area contributed by atoms with Crippen LogP contribution in [0.5, 0.6) is 0 Å². The summed E-state index contributed by atoms with van der Waals surface area (Å²) in [4.78, 5) is 31.2. The zero-order valence-corrected chi connectivity index (χ0v) is 15.7. The molecular formula is C22H21N3O2. The highest BCUT2D eigenvalue weighted by Gasteiger charge is 2.19. The average Bonchev–Trinajstić information content (AvgIpc) is 2.68. The summed E-state index contributed by atoms with van der Waals surface area (Å²) in [5.41, 5.74) is 2.62. The third-order valence-electron chi connectivity index (χ3n) is 5.04. The number of aryl methyl sites for hydroxylation is 2. The van der Waals surface area contributed by atoms with E-state index in [1.54, 1.807) is 10.6 Å². The maximum Gasteiger partial charge on any atom is 0.267 e. The third kappa shape index (κ3) is 2.58. The monoisotopic (exact) mass is 359 g/mol. The zero-order chi connectivity index (χ0) is 19.1. The van der Waals surface area contributed by atoms with E-state index in [2.05, 4.69) is 0 Å². The van der Waals surface area contributed by atoms with Gasteiger partial charge >= 0.3 is 0 Å². The molecule has 0 radical (unpaired) electrons. The highest BCUT2D eigenvalue weighted by atomic mass is 16.1. The fourth-order valence-corrected chi connectivity index (χ4v) is 3.65. The summed E-state index contributed by atoms with van der Waals surface area (Å²) in [7, 11) is 1.85. The van der Waals surface area contributed by atoms with Crippen LogP contribution in [0.3, 0.4) is 0 Å². The molecule has 0 fully saturated rings. The van der Waals surface area contributed by atoms with Crippen LogP contribution >= 0.6 is 0 Å². The molecule has 0 unspecified atom stereocenters. The Kier molecular flexibility index (Phi) is 4.15. The van der Waals surface area contributed by atoms with Gasteiger partial charge in [-0.1, -0.05) is 43.3 Å². The highest BCUT2D eigenvalue weighted by Crippen LogP contribution is 2.23. The SMILES string of the molecule is CCCn1c(-c2ccccc2C)nc2c(c(=O)c3ccccc3n2C)c1=O. The smallest absolute Gasteiger partial charge is 0.267 e. The van der Waals surface area contributed by atoms with Gasteiger partial charge in [0.1, 0.15) is 11.2 Å². The summed E-state index contributed by atoms with van der Waals surface area (Å²) in [5.74, 6) is 0.609. The van der Waals surface area contributed by atoms with Crippen molar-refractivity contribution in [3.63, 3.8) is 0 Å². The lowest BCUT2D eigenvalue weighted by Crippen LogP contribution is -2.29. The van der Waals surface area contributed by atoms with E-state index >= 15 is 0 Å². The minimum atomic E-state index is -0.272. The Bertz CT molecular complexity index is 1300. The van der Waals surface area contributed by atoms with Gasteiger partial charge in [0.25, 0.3) is 5.56 Å². The van der Waals surface area contributed by atoms with Gasteiger partial charge in [-0.2, -0.15) is 0 Å². The van der Waals surface area contributed by atoms with Crippen LogP contribution in [0.1, 0.15) is 18.9 Å². The molecule has 27 heavy (non-hydrogen) atoms. The summed E-state index contributed by atoms with van der Waals surface area (Å²) < 4.78 is 3.48. The maximum atomic E-state index is 13.4. The van der Waals surface area contributed by atoms with E-state index in [0.29, 0.717) is 23.4 Å². The van der Waals surface area contributed by atoms with Crippen molar-refractivity contribution in [2.24, 2.45) is 7.05 Å². The van der Waals surface area contributed by atoms with Crippen molar-refractivity contribution >= 4 is 21.9 Å². The van der Waals surface area contributed by atoms with Gasteiger partial charge in [0.2, 0.25) is 5.43 Å². The molecule has 2 aromatic heterocycles. The predicted octanol–water partition coefficient (Wildman–Crippen LogP) is 3.63. The second-order valence-corrected chi connectivity index (χ2v) is 6.81. The van der Waals surface area contributed by atoms with Crippen molar-refractivity contribution in [3.05, 3.63) is 74.7 Å². The number of benzene rings is 2. The van der Waals surface area contributed by atoms with Gasteiger partial charge in [-0.25, -0.2) is 4.98 Å². The van der Waals surface area contributed by atoms with Crippen molar-refractivity contribution in [1.82, 2.24) is 14.1 Å². The summed E-state index contributed by atoms with van der Waals surface area (Å²) in [6.45, 7) is 4.53. The number of rotatable bonds is 3. The lowest BCUT2D eigenvalue weighted by molar-refractivity contribution is 0.654. The van der Waals surface area contributed by atoms with Crippen LogP contribution in [0.4, 0.5) is 0 Å². The molecule has 136 valence electrons. The zero-order valence-electron chi connectivity index (χ0n) is 15.7. The van der Waals surface area contributed by atoms with Crippen LogP contribution < -0.4 is 11.0 Å². The largest absolute Gasteiger partial charge is 0.328 e. The third-order valence-corrected chi connectivity index (χ3v) is 5.04. The Morgan fingerprint density at radius 2 is 1.70 bits per heavy atom. The first-order chi connectivity index (χ1) is 13.0. The molecule has 0 atom stereocenters. The maximum absolute atomic E-state index is 13.4. The molecule has 2 heterocycles. The molecule has 0 saturated carbocycles. The summed E-state index contributed by atoms with van der Waals surface area (Å²) >= 11 is 0. The fourth-order valence-electron chi connectivity index (χ4n) is 3.65. The van der Waals surface area contributed by atoms with Gasteiger partial charge in [-0.15, -0.1) is 0 Å². The van der Waals surface area contributed by atoms with Crippen LogP contribution in [-0.2, 0) is 13.6 Å². The topological polar surface area (TPSA) is 56.9 Å². The van der Waals surface area contributed by atoms with E-state index in [1.807, 2.05) is 67.9 Å². The Morgan fingerprint density at radius 1 is 1.00 bits per heavy atom. The van der Waals surface area contributed by atoms with Gasteiger partial charge in [-0.05, 0) is 31.0 Å². The number of hydrogen-bond donors (Lipinski definition) is 0. The summed E-state index contributed by atoms with van der Waals surface area (Å²) in [5, 5.41) is 0.695. The number of aromatic nitrogens is 3. The molecule has 0 saturated heterocycles. The van der Waals surface area contributed by atoms with Crippen molar-refractivity contribution in [1.29, 1.82) is 0 Å². The lowest BCUT2D eigenvalue weighted by Gasteiger charge is -2.16. The first-order valence-corrected chi connectivity index (χ1v) is 9.13. The van der Waals surface area contributed by atoms with Crippen LogP contribution in [-0.4, -0.2) is 14.1 Å². The van der Waals surface area contributed by atoms with E-state index in [9.17, 15) is 9.59 Å². The molecule has 5 heteroatoms. The van der Waals surface area contributed by atoms with Gasteiger partial charge in [0.15, 0.2) is 5.65 Å². The van der Waals surface area contributed by atoms with Crippen molar-refractivity contribution < 1.29 is 0 Å². The standard InChI is InChI=1S/C22H21N3O2/c1-4-13-25-20(15-10-6-5-9-14(15)2)23-21-18(22(25)27)19(26)16-11-7-8-12-17(16)24(21)3/h5-12H,4,13H2,1-3H3. The Balaban J connectivity index is 2.24. The molecule has 4 rings (SSSR count). The van der Waals surface area contributed by atoms with Gasteiger partial charge in [-0.3, -0.25) is 14.2 Å². The van der Waals surface area contributed by atoms with Crippen LogP contribution in [0.2, 0.25) is 0 Å². The van der Waals surface area contributed by atoms with Crippen LogP contribution in [0, 0.1) is 6.92 Å². The molecule has 0 amide bonds. The van der Waals surface area contributed by atoms with Crippen LogP contribution in [0.25, 0.3) is 33.3 Å². The van der Waals surface area contributed by atoms with E-state index in [4.69, 9.17) is 4.98 Å². The van der Waals surface area contributed by atoms with Crippen molar-refractivity contribution in [3.8, 4) is 11.4 Å². The number of pyridine rings is 1. The molecule has 2 aromatic carbocycles. The van der Waals surface area contributed by atoms with Gasteiger partial charge in [0.05, 0.1) is 5.52 Å². The lowest BCUT2D eigenvalue weighted by atomic mass is 10.1. The fraction of sp³-hybridized carbons (Fsp3) is 0.227.